The monoisotopic (exact) mass is 428 g/mol. The molecule has 2 aliphatic rings. The van der Waals surface area contributed by atoms with Crippen LogP contribution >= 0.6 is 19.1 Å². The van der Waals surface area contributed by atoms with Gasteiger partial charge >= 0.3 is 35.0 Å². The summed E-state index contributed by atoms with van der Waals surface area (Å²) < 4.78 is 0. The van der Waals surface area contributed by atoms with Crippen molar-refractivity contribution in [2.75, 3.05) is 26.2 Å². The van der Waals surface area contributed by atoms with Crippen LogP contribution in [0.4, 0.5) is 0 Å². The Kier molecular flexibility index (Phi) is 18.5. The molecule has 0 spiro atoms. The van der Waals surface area contributed by atoms with Gasteiger partial charge in [-0.2, -0.15) is 0 Å². The van der Waals surface area contributed by atoms with Crippen molar-refractivity contribution in [3.63, 3.8) is 0 Å². The third-order valence-electron chi connectivity index (χ3n) is 4.18. The van der Waals surface area contributed by atoms with Gasteiger partial charge in [-0.25, -0.2) is 0 Å². The molecule has 2 heterocycles. The van der Waals surface area contributed by atoms with Gasteiger partial charge in [0.05, 0.1) is 0 Å². The minimum atomic E-state index is -0.106. The van der Waals surface area contributed by atoms with Gasteiger partial charge in [0.15, 0.2) is 0 Å². The second kappa shape index (κ2) is 17.5. The normalized spacial score (nSPS) is 20.2. The van der Waals surface area contributed by atoms with Crippen molar-refractivity contribution in [1.29, 1.82) is 0 Å². The van der Waals surface area contributed by atoms with E-state index in [0.717, 1.165) is 38.0 Å². The van der Waals surface area contributed by atoms with Crippen LogP contribution in [0.15, 0.2) is 0 Å². The third kappa shape index (κ3) is 14.5. The first-order chi connectivity index (χ1) is 10.3. The molecule has 2 fully saturated rings. The first-order valence-corrected chi connectivity index (χ1v) is 12.4. The van der Waals surface area contributed by atoms with E-state index in [1.807, 2.05) is 0 Å². The fraction of sp³-hybridized carbons (Fsp3) is 1.00. The van der Waals surface area contributed by atoms with Crippen molar-refractivity contribution in [1.82, 2.24) is 0 Å². The van der Waals surface area contributed by atoms with E-state index in [2.05, 4.69) is 24.5 Å². The van der Waals surface area contributed by atoms with Gasteiger partial charge in [0, 0.05) is 0 Å². The van der Waals surface area contributed by atoms with E-state index < -0.39 is 0 Å². The number of halogens is 2. The third-order valence-corrected chi connectivity index (χ3v) is 4.18. The van der Waals surface area contributed by atoms with Crippen LogP contribution < -0.4 is 0 Å². The van der Waals surface area contributed by atoms with Gasteiger partial charge < -0.3 is 10.6 Å². The molecule has 0 N–H and O–H groups in total. The average Bonchev–Trinajstić information content (AvgIpc) is 2.52. The summed E-state index contributed by atoms with van der Waals surface area (Å²) in [6, 6.07) is 0. The molecule has 2 rings (SSSR count). The Bertz CT molecular complexity index is 171. The molecule has 5 heteroatoms. The standard InChI is InChI=1S/2C8H16N.2ClH.Pd/c2*1-2-3-8-4-6-9-7-5-8;;;/h2*8H,2-7H2,1H3;2*1H;/q2*-1;;;+2/p-2. The van der Waals surface area contributed by atoms with Gasteiger partial charge in [0.2, 0.25) is 0 Å². The molecule has 0 bridgehead atoms. The predicted molar refractivity (Wildman–Crippen MR) is 93.2 cm³/mol. The van der Waals surface area contributed by atoms with E-state index in [1.54, 1.807) is 0 Å². The number of piperidine rings is 2. The molecule has 0 aromatic rings. The molecule has 0 radical (unpaired) electrons. The summed E-state index contributed by atoms with van der Waals surface area (Å²) >= 11 is -0.106. The van der Waals surface area contributed by atoms with Crippen molar-refractivity contribution in [3.8, 4) is 0 Å². The zero-order chi connectivity index (χ0) is 15.8. The van der Waals surface area contributed by atoms with E-state index in [1.165, 1.54) is 51.4 Å². The molecular weight excluding hydrogens is 398 g/mol. The number of rotatable bonds is 4. The summed E-state index contributed by atoms with van der Waals surface area (Å²) in [4.78, 5) is 0. The molecule has 132 valence electrons. The van der Waals surface area contributed by atoms with Crippen LogP contribution in [0.5, 0.6) is 0 Å². The van der Waals surface area contributed by atoms with Crippen molar-refractivity contribution < 1.29 is 15.9 Å². The Labute approximate surface area is 148 Å². The van der Waals surface area contributed by atoms with E-state index in [4.69, 9.17) is 19.1 Å². The summed E-state index contributed by atoms with van der Waals surface area (Å²) in [6.07, 6.45) is 11.0. The predicted octanol–water partition coefficient (Wildman–Crippen LogP) is 6.52. The Morgan fingerprint density at radius 1 is 0.762 bits per heavy atom. The molecule has 0 atom stereocenters. The number of hydrogen-bond acceptors (Lipinski definition) is 0. The maximum absolute atomic E-state index is 4.81. The summed E-state index contributed by atoms with van der Waals surface area (Å²) in [5.74, 6) is 2.01. The molecule has 0 amide bonds. The molecule has 0 aromatic carbocycles. The van der Waals surface area contributed by atoms with Crippen molar-refractivity contribution in [2.45, 2.75) is 65.2 Å². The maximum atomic E-state index is 4.81. The van der Waals surface area contributed by atoms with Gasteiger partial charge in [-0.3, -0.25) is 0 Å². The van der Waals surface area contributed by atoms with Crippen LogP contribution in [0.1, 0.15) is 65.2 Å². The zero-order valence-corrected chi connectivity index (χ0v) is 16.7. The molecule has 0 saturated carbocycles. The summed E-state index contributed by atoms with van der Waals surface area (Å²) in [6.45, 7) is 9.06. The van der Waals surface area contributed by atoms with Gasteiger partial charge in [-0.1, -0.05) is 65.2 Å². The second-order valence-electron chi connectivity index (χ2n) is 5.85. The summed E-state index contributed by atoms with van der Waals surface area (Å²) in [5.41, 5.74) is 0. The molecule has 0 aliphatic carbocycles. The van der Waals surface area contributed by atoms with Crippen LogP contribution in [0.2, 0.25) is 0 Å². The molecule has 2 saturated heterocycles. The molecule has 2 nitrogen and oxygen atoms in total. The van der Waals surface area contributed by atoms with Gasteiger partial charge in [0.1, 0.15) is 0 Å². The van der Waals surface area contributed by atoms with Crippen molar-refractivity contribution >= 4 is 19.1 Å². The van der Waals surface area contributed by atoms with E-state index in [-0.39, 0.29) is 15.9 Å². The SMILES string of the molecule is CCCC1CC[N-]CC1.CCCC1CC[N-]CC1.[Cl][Pd][Cl]. The fourth-order valence-electron chi connectivity index (χ4n) is 3.00. The van der Waals surface area contributed by atoms with Gasteiger partial charge in [-0.15, -0.1) is 26.2 Å². The Morgan fingerprint density at radius 2 is 1.05 bits per heavy atom. The van der Waals surface area contributed by atoms with Gasteiger partial charge in [0.25, 0.3) is 0 Å². The topological polar surface area (TPSA) is 28.2 Å². The van der Waals surface area contributed by atoms with Crippen LogP contribution in [-0.4, -0.2) is 26.2 Å². The molecule has 0 aromatic heterocycles. The van der Waals surface area contributed by atoms with E-state index in [0.29, 0.717) is 0 Å². The first kappa shape index (κ1) is 22.2. The quantitative estimate of drug-likeness (QED) is 0.455. The molecule has 0 unspecified atom stereocenters. The van der Waals surface area contributed by atoms with Crippen molar-refractivity contribution in [2.24, 2.45) is 11.8 Å². The second-order valence-corrected chi connectivity index (χ2v) is 8.21. The van der Waals surface area contributed by atoms with Crippen molar-refractivity contribution in [3.05, 3.63) is 10.6 Å². The number of hydrogen-bond donors (Lipinski definition) is 0. The van der Waals surface area contributed by atoms with Crippen LogP contribution in [0, 0.1) is 11.8 Å². The average molecular weight is 430 g/mol. The van der Waals surface area contributed by atoms with Gasteiger partial charge in [-0.05, 0) is 11.8 Å². The molecule has 21 heavy (non-hydrogen) atoms. The fourth-order valence-corrected chi connectivity index (χ4v) is 3.00. The molecule has 2 aliphatic heterocycles. The zero-order valence-electron chi connectivity index (χ0n) is 13.6. The minimum absolute atomic E-state index is 0.106. The van der Waals surface area contributed by atoms with Crippen LogP contribution in [-0.2, 0) is 15.9 Å². The number of nitrogens with zero attached hydrogens (tertiary/aromatic N) is 2. The van der Waals surface area contributed by atoms with Crippen LogP contribution in [0.3, 0.4) is 0 Å². The van der Waals surface area contributed by atoms with E-state index in [9.17, 15) is 0 Å². The van der Waals surface area contributed by atoms with E-state index >= 15 is 0 Å². The van der Waals surface area contributed by atoms with Crippen LogP contribution in [0.25, 0.3) is 10.6 Å². The molecular formula is C16H32Cl2N2Pd-2. The first-order valence-electron chi connectivity index (χ1n) is 8.37. The Hall–Kier alpha value is 1.16. The summed E-state index contributed by atoms with van der Waals surface area (Å²) in [7, 11) is 9.63. The Balaban J connectivity index is 0.000000322. The Morgan fingerprint density at radius 3 is 1.29 bits per heavy atom. The summed E-state index contributed by atoms with van der Waals surface area (Å²) in [5, 5.41) is 8.62.